The van der Waals surface area contributed by atoms with Crippen molar-refractivity contribution in [3.8, 4) is 5.75 Å². The molecule has 0 aromatic heterocycles. The molecule has 0 bridgehead atoms. The Balaban J connectivity index is 2.68. The first-order valence-corrected chi connectivity index (χ1v) is 9.97. The number of hydrogen-bond donors (Lipinski definition) is 0. The SMILES string of the molecule is CCN(c1c(C)cc(C)cc1C)S(=O)(=O)c1ccc(OC)c(Cl)c1Cl. The third-order valence-electron chi connectivity index (χ3n) is 3.97. The van der Waals surface area contributed by atoms with Crippen LogP contribution < -0.4 is 9.04 Å². The highest BCUT2D eigenvalue weighted by Crippen LogP contribution is 2.39. The van der Waals surface area contributed by atoms with Gasteiger partial charge in [0.15, 0.2) is 0 Å². The van der Waals surface area contributed by atoms with Gasteiger partial charge in [-0.2, -0.15) is 0 Å². The van der Waals surface area contributed by atoms with Crippen LogP contribution in [0.15, 0.2) is 29.2 Å². The van der Waals surface area contributed by atoms with Crippen molar-refractivity contribution in [3.63, 3.8) is 0 Å². The van der Waals surface area contributed by atoms with Gasteiger partial charge in [-0.05, 0) is 51.0 Å². The van der Waals surface area contributed by atoms with Crippen LogP contribution >= 0.6 is 23.2 Å². The van der Waals surface area contributed by atoms with Gasteiger partial charge in [0.1, 0.15) is 15.7 Å². The Labute approximate surface area is 159 Å². The summed E-state index contributed by atoms with van der Waals surface area (Å²) in [7, 11) is -2.43. The van der Waals surface area contributed by atoms with Gasteiger partial charge in [0.2, 0.25) is 0 Å². The average Bonchev–Trinajstić information content (AvgIpc) is 2.52. The molecule has 0 atom stereocenters. The molecule has 0 fully saturated rings. The second kappa shape index (κ2) is 7.44. The minimum Gasteiger partial charge on any atom is -0.495 e. The van der Waals surface area contributed by atoms with Crippen LogP contribution in [0.3, 0.4) is 0 Å². The van der Waals surface area contributed by atoms with Crippen molar-refractivity contribution in [1.82, 2.24) is 0 Å². The van der Waals surface area contributed by atoms with E-state index in [2.05, 4.69) is 0 Å². The third-order valence-corrected chi connectivity index (χ3v) is 6.87. The van der Waals surface area contributed by atoms with Crippen LogP contribution in [0.4, 0.5) is 5.69 Å². The molecule has 0 aliphatic heterocycles. The number of nitrogens with zero attached hydrogens (tertiary/aromatic N) is 1. The van der Waals surface area contributed by atoms with E-state index in [1.807, 2.05) is 32.9 Å². The van der Waals surface area contributed by atoms with Gasteiger partial charge in [-0.15, -0.1) is 0 Å². The highest BCUT2D eigenvalue weighted by Gasteiger charge is 2.30. The fourth-order valence-corrected chi connectivity index (χ4v) is 5.42. The van der Waals surface area contributed by atoms with Crippen molar-refractivity contribution in [2.24, 2.45) is 0 Å². The van der Waals surface area contributed by atoms with E-state index >= 15 is 0 Å². The van der Waals surface area contributed by atoms with Crippen LogP contribution in [-0.4, -0.2) is 22.1 Å². The molecule has 0 spiro atoms. The quantitative estimate of drug-likeness (QED) is 0.696. The lowest BCUT2D eigenvalue weighted by atomic mass is 10.1. The maximum atomic E-state index is 13.3. The van der Waals surface area contributed by atoms with Crippen molar-refractivity contribution in [2.75, 3.05) is 18.0 Å². The molecule has 136 valence electrons. The monoisotopic (exact) mass is 401 g/mol. The molecule has 0 unspecified atom stereocenters. The Kier molecular flexibility index (Phi) is 5.92. The molecule has 0 aliphatic rings. The van der Waals surface area contributed by atoms with E-state index in [0.29, 0.717) is 11.4 Å². The second-order valence-electron chi connectivity index (χ2n) is 5.81. The summed E-state index contributed by atoms with van der Waals surface area (Å²) in [6.45, 7) is 7.84. The molecule has 2 aromatic carbocycles. The molecule has 4 nitrogen and oxygen atoms in total. The van der Waals surface area contributed by atoms with E-state index < -0.39 is 10.0 Å². The van der Waals surface area contributed by atoms with Crippen LogP contribution in [-0.2, 0) is 10.0 Å². The van der Waals surface area contributed by atoms with Crippen LogP contribution in [0.5, 0.6) is 5.75 Å². The Morgan fingerprint density at radius 1 is 1.04 bits per heavy atom. The molecule has 0 saturated carbocycles. The summed E-state index contributed by atoms with van der Waals surface area (Å²) in [5, 5.41) is 0.0422. The molecule has 25 heavy (non-hydrogen) atoms. The molecule has 0 aliphatic carbocycles. The van der Waals surface area contributed by atoms with Gasteiger partial charge in [-0.25, -0.2) is 8.42 Å². The van der Waals surface area contributed by atoms with Crippen molar-refractivity contribution >= 4 is 38.9 Å². The normalized spacial score (nSPS) is 11.5. The number of anilines is 1. The lowest BCUT2D eigenvalue weighted by Crippen LogP contribution is -2.32. The van der Waals surface area contributed by atoms with E-state index in [1.165, 1.54) is 23.5 Å². The van der Waals surface area contributed by atoms with Crippen LogP contribution in [0.1, 0.15) is 23.6 Å². The number of methoxy groups -OCH3 is 1. The van der Waals surface area contributed by atoms with Crippen molar-refractivity contribution in [2.45, 2.75) is 32.6 Å². The number of ether oxygens (including phenoxy) is 1. The molecule has 0 saturated heterocycles. The summed E-state index contributed by atoms with van der Waals surface area (Å²) in [6.07, 6.45) is 0. The summed E-state index contributed by atoms with van der Waals surface area (Å²) < 4.78 is 33.0. The lowest BCUT2D eigenvalue weighted by Gasteiger charge is -2.27. The number of aryl methyl sites for hydroxylation is 3. The van der Waals surface area contributed by atoms with Crippen molar-refractivity contribution in [1.29, 1.82) is 0 Å². The van der Waals surface area contributed by atoms with Gasteiger partial charge in [-0.3, -0.25) is 4.31 Å². The van der Waals surface area contributed by atoms with Crippen LogP contribution in [0.2, 0.25) is 10.0 Å². The number of benzene rings is 2. The van der Waals surface area contributed by atoms with Crippen LogP contribution in [0, 0.1) is 20.8 Å². The number of sulfonamides is 1. The predicted octanol–water partition coefficient (Wildman–Crippen LogP) is 5.14. The van der Waals surface area contributed by atoms with Crippen molar-refractivity contribution < 1.29 is 13.2 Å². The van der Waals surface area contributed by atoms with E-state index in [-0.39, 0.29) is 21.5 Å². The zero-order valence-electron chi connectivity index (χ0n) is 14.9. The molecule has 0 N–H and O–H groups in total. The highest BCUT2D eigenvalue weighted by molar-refractivity contribution is 7.93. The van der Waals surface area contributed by atoms with Gasteiger partial charge < -0.3 is 4.74 Å². The first kappa shape index (κ1) is 19.9. The summed E-state index contributed by atoms with van der Waals surface area (Å²) in [4.78, 5) is -0.0406. The van der Waals surface area contributed by atoms with Gasteiger partial charge in [0, 0.05) is 6.54 Å². The van der Waals surface area contributed by atoms with E-state index in [1.54, 1.807) is 6.92 Å². The second-order valence-corrected chi connectivity index (χ2v) is 8.40. The van der Waals surface area contributed by atoms with E-state index in [9.17, 15) is 8.42 Å². The summed E-state index contributed by atoms with van der Waals surface area (Å²) in [6, 6.07) is 6.85. The Bertz CT molecular complexity index is 888. The fraction of sp³-hybridized carbons (Fsp3) is 0.333. The number of rotatable bonds is 5. The first-order valence-electron chi connectivity index (χ1n) is 7.77. The minimum atomic E-state index is -3.88. The topological polar surface area (TPSA) is 46.6 Å². The highest BCUT2D eigenvalue weighted by atomic mass is 35.5. The standard InChI is InChI=1S/C18H21Cl2NO3S/c1-6-21(18-12(3)9-11(2)10-13(18)4)25(22,23)15-8-7-14(24-5)16(19)17(15)20/h7-10H,6H2,1-5H3. The first-order chi connectivity index (χ1) is 11.6. The Morgan fingerprint density at radius 3 is 2.08 bits per heavy atom. The lowest BCUT2D eigenvalue weighted by molar-refractivity contribution is 0.414. The van der Waals surface area contributed by atoms with E-state index in [4.69, 9.17) is 27.9 Å². The zero-order chi connectivity index (χ0) is 18.9. The van der Waals surface area contributed by atoms with Crippen LogP contribution in [0.25, 0.3) is 0 Å². The smallest absolute Gasteiger partial charge is 0.265 e. The molecular formula is C18H21Cl2NO3S. The van der Waals surface area contributed by atoms with Gasteiger partial charge in [0.05, 0.1) is 17.8 Å². The summed E-state index contributed by atoms with van der Waals surface area (Å²) in [5.41, 5.74) is 3.52. The maximum absolute atomic E-state index is 13.3. The molecule has 0 radical (unpaired) electrons. The minimum absolute atomic E-state index is 0.0399. The van der Waals surface area contributed by atoms with Gasteiger partial charge >= 0.3 is 0 Å². The van der Waals surface area contributed by atoms with Gasteiger partial charge in [-0.1, -0.05) is 40.9 Å². The number of halogens is 2. The van der Waals surface area contributed by atoms with E-state index in [0.717, 1.165) is 16.7 Å². The predicted molar refractivity (Wildman–Crippen MR) is 104 cm³/mol. The van der Waals surface area contributed by atoms with Gasteiger partial charge in [0.25, 0.3) is 10.0 Å². The summed E-state index contributed by atoms with van der Waals surface area (Å²) in [5.74, 6) is 0.330. The molecule has 7 heteroatoms. The molecule has 2 rings (SSSR count). The third kappa shape index (κ3) is 3.59. The fourth-order valence-electron chi connectivity index (χ4n) is 3.00. The average molecular weight is 402 g/mol. The molecule has 0 amide bonds. The largest absolute Gasteiger partial charge is 0.495 e. The summed E-state index contributed by atoms with van der Waals surface area (Å²) >= 11 is 12.4. The maximum Gasteiger partial charge on any atom is 0.265 e. The molecular weight excluding hydrogens is 381 g/mol. The number of hydrogen-bond acceptors (Lipinski definition) is 3. The van der Waals surface area contributed by atoms with Crippen molar-refractivity contribution in [3.05, 3.63) is 51.0 Å². The zero-order valence-corrected chi connectivity index (χ0v) is 17.2. The molecule has 2 aromatic rings. The Hall–Kier alpha value is -1.43. The molecule has 0 heterocycles. The Morgan fingerprint density at radius 2 is 1.60 bits per heavy atom.